The number of amides is 2. The third-order valence-electron chi connectivity index (χ3n) is 3.59. The van der Waals surface area contributed by atoms with Gasteiger partial charge in [0, 0.05) is 48.5 Å². The summed E-state index contributed by atoms with van der Waals surface area (Å²) in [5.74, 6) is -0.614. The fourth-order valence-electron chi connectivity index (χ4n) is 2.46. The highest BCUT2D eigenvalue weighted by Crippen LogP contribution is 2.27. The Hall–Kier alpha value is -2.50. The van der Waals surface area contributed by atoms with Gasteiger partial charge < -0.3 is 0 Å². The van der Waals surface area contributed by atoms with Gasteiger partial charge in [0.2, 0.25) is 11.8 Å². The van der Waals surface area contributed by atoms with Gasteiger partial charge >= 0.3 is 0 Å². The molecule has 0 atom stereocenters. The van der Waals surface area contributed by atoms with Crippen molar-refractivity contribution in [3.63, 3.8) is 0 Å². The number of carbonyl (C=O) groups excluding carboxylic acids is 3. The first kappa shape index (κ1) is 13.5. The minimum absolute atomic E-state index is 0.00525. The standard InChI is InChI=1S/C15H15N3O3/c1-9(2)15(21)10-7-16-12-5-6-17(8-11(10)12)18-13(19)3-4-14(18)20/h5-9H,3-4H2,1-2H3. The molecule has 1 fully saturated rings. The first-order valence-electron chi connectivity index (χ1n) is 6.86. The molecule has 0 bridgehead atoms. The van der Waals surface area contributed by atoms with Crippen LogP contribution in [-0.2, 0) is 9.59 Å². The maximum atomic E-state index is 12.2. The minimum atomic E-state index is -0.236. The summed E-state index contributed by atoms with van der Waals surface area (Å²) in [6, 6.07) is 1.70. The van der Waals surface area contributed by atoms with Crippen molar-refractivity contribution in [3.8, 4) is 11.3 Å². The summed E-state index contributed by atoms with van der Waals surface area (Å²) in [6.45, 7) is 3.65. The number of fused-ring (bicyclic) bond motifs is 1. The summed E-state index contributed by atoms with van der Waals surface area (Å²) >= 11 is 0. The van der Waals surface area contributed by atoms with Crippen LogP contribution in [0.5, 0.6) is 0 Å². The zero-order valence-corrected chi connectivity index (χ0v) is 11.9. The van der Waals surface area contributed by atoms with E-state index in [1.54, 1.807) is 24.7 Å². The Kier molecular flexibility index (Phi) is 3.08. The van der Waals surface area contributed by atoms with Gasteiger partial charge in [-0.3, -0.25) is 24.0 Å². The van der Waals surface area contributed by atoms with Crippen LogP contribution in [0.15, 0.2) is 24.7 Å². The van der Waals surface area contributed by atoms with Crippen LogP contribution in [-0.4, -0.2) is 27.3 Å². The van der Waals surface area contributed by atoms with E-state index in [1.165, 1.54) is 4.68 Å². The number of hydrogen-bond donors (Lipinski definition) is 0. The number of nitrogens with zero attached hydrogens (tertiary/aromatic N) is 3. The molecule has 0 aromatic carbocycles. The van der Waals surface area contributed by atoms with Crippen molar-refractivity contribution in [2.75, 3.05) is 5.01 Å². The second kappa shape index (κ2) is 4.80. The maximum Gasteiger partial charge on any atom is 0.249 e. The number of carbonyl (C=O) groups is 3. The van der Waals surface area contributed by atoms with Gasteiger partial charge in [0.25, 0.3) is 0 Å². The summed E-state index contributed by atoms with van der Waals surface area (Å²) in [4.78, 5) is 40.0. The highest BCUT2D eigenvalue weighted by atomic mass is 16.2. The van der Waals surface area contributed by atoms with Crippen LogP contribution in [0.1, 0.15) is 37.0 Å². The van der Waals surface area contributed by atoms with Crippen LogP contribution in [0.25, 0.3) is 11.3 Å². The highest BCUT2D eigenvalue weighted by molar-refractivity contribution is 6.14. The molecule has 0 aliphatic carbocycles. The lowest BCUT2D eigenvalue weighted by Crippen LogP contribution is -2.39. The van der Waals surface area contributed by atoms with Gasteiger partial charge in [0.15, 0.2) is 5.78 Å². The molecule has 0 N–H and O–H groups in total. The Balaban J connectivity index is 2.09. The topological polar surface area (TPSA) is 72.3 Å². The Morgan fingerprint density at radius 1 is 1.24 bits per heavy atom. The number of pyridine rings is 1. The fraction of sp³-hybridized carbons (Fsp3) is 0.333. The molecule has 0 radical (unpaired) electrons. The van der Waals surface area contributed by atoms with Crippen molar-refractivity contribution in [1.82, 2.24) is 9.66 Å². The number of Topliss-reactive ketones (excluding diaryl/α,β-unsaturated/α-hetero) is 1. The molecule has 6 heteroatoms. The van der Waals surface area contributed by atoms with Crippen molar-refractivity contribution in [3.05, 3.63) is 30.2 Å². The van der Waals surface area contributed by atoms with Gasteiger partial charge in [-0.15, -0.1) is 0 Å². The lowest BCUT2D eigenvalue weighted by molar-refractivity contribution is -0.123. The highest BCUT2D eigenvalue weighted by Gasteiger charge is 2.31. The van der Waals surface area contributed by atoms with Crippen molar-refractivity contribution in [2.45, 2.75) is 26.7 Å². The maximum absolute atomic E-state index is 12.2. The predicted octanol–water partition coefficient (Wildman–Crippen LogP) is 1.61. The largest absolute Gasteiger partial charge is 0.294 e. The number of hydrogen-bond acceptors (Lipinski definition) is 4. The molecule has 21 heavy (non-hydrogen) atoms. The van der Waals surface area contributed by atoms with Gasteiger partial charge in [-0.2, -0.15) is 5.01 Å². The SMILES string of the molecule is CC(C)C(=O)c1cnc2ccn(N3C(=O)CCC3=O)cc1-2. The molecular formula is C15H15N3O3. The van der Waals surface area contributed by atoms with E-state index in [1.807, 2.05) is 13.8 Å². The van der Waals surface area contributed by atoms with E-state index in [9.17, 15) is 14.4 Å². The predicted molar refractivity (Wildman–Crippen MR) is 75.5 cm³/mol. The van der Waals surface area contributed by atoms with Crippen LogP contribution < -0.4 is 5.01 Å². The zero-order valence-electron chi connectivity index (χ0n) is 11.9. The van der Waals surface area contributed by atoms with Crippen molar-refractivity contribution in [1.29, 1.82) is 0 Å². The average Bonchev–Trinajstić information content (AvgIpc) is 3.01. The molecule has 108 valence electrons. The van der Waals surface area contributed by atoms with Crippen molar-refractivity contribution < 1.29 is 14.4 Å². The molecule has 0 unspecified atom stereocenters. The summed E-state index contributed by atoms with van der Waals surface area (Å²) in [6.07, 6.45) is 5.23. The molecule has 3 aliphatic heterocycles. The van der Waals surface area contributed by atoms with Crippen molar-refractivity contribution >= 4 is 17.6 Å². The third kappa shape index (κ3) is 2.12. The van der Waals surface area contributed by atoms with Gasteiger partial charge in [-0.25, -0.2) is 0 Å². The van der Waals surface area contributed by atoms with Gasteiger partial charge in [0.05, 0.1) is 5.69 Å². The van der Waals surface area contributed by atoms with Gasteiger partial charge in [-0.1, -0.05) is 13.8 Å². The van der Waals surface area contributed by atoms with Crippen molar-refractivity contribution in [2.24, 2.45) is 5.92 Å². The monoisotopic (exact) mass is 285 g/mol. The normalized spacial score (nSPS) is 15.5. The van der Waals surface area contributed by atoms with Crippen LogP contribution in [0.2, 0.25) is 0 Å². The van der Waals surface area contributed by atoms with E-state index in [0.717, 1.165) is 5.01 Å². The molecule has 0 spiro atoms. The van der Waals surface area contributed by atoms with Gasteiger partial charge in [-0.05, 0) is 6.07 Å². The molecule has 3 rings (SSSR count). The van der Waals surface area contributed by atoms with E-state index in [0.29, 0.717) is 16.8 Å². The lowest BCUT2D eigenvalue weighted by atomic mass is 9.99. The van der Waals surface area contributed by atoms with Gasteiger partial charge in [0.1, 0.15) is 0 Å². The van der Waals surface area contributed by atoms with E-state index < -0.39 is 0 Å². The Morgan fingerprint density at radius 3 is 2.52 bits per heavy atom. The number of ketones is 1. The molecule has 0 aromatic rings. The Bertz CT molecular complexity index is 701. The van der Waals surface area contributed by atoms with E-state index in [-0.39, 0.29) is 36.4 Å². The van der Waals surface area contributed by atoms with Crippen LogP contribution in [0, 0.1) is 5.92 Å². The molecule has 2 amide bonds. The van der Waals surface area contributed by atoms with E-state index in [4.69, 9.17) is 0 Å². The van der Waals surface area contributed by atoms with Crippen LogP contribution in [0.3, 0.4) is 0 Å². The first-order valence-corrected chi connectivity index (χ1v) is 6.86. The van der Waals surface area contributed by atoms with E-state index >= 15 is 0 Å². The van der Waals surface area contributed by atoms with E-state index in [2.05, 4.69) is 4.98 Å². The fourth-order valence-corrected chi connectivity index (χ4v) is 2.46. The van der Waals surface area contributed by atoms with Crippen LogP contribution in [0.4, 0.5) is 0 Å². The quantitative estimate of drug-likeness (QED) is 0.634. The molecule has 3 aliphatic rings. The Morgan fingerprint density at radius 2 is 1.90 bits per heavy atom. The summed E-state index contributed by atoms with van der Waals surface area (Å²) < 4.78 is 1.44. The summed E-state index contributed by atoms with van der Waals surface area (Å²) in [7, 11) is 0. The molecule has 6 nitrogen and oxygen atoms in total. The zero-order chi connectivity index (χ0) is 15.1. The Labute approximate surface area is 121 Å². The molecule has 1 saturated heterocycles. The molecule has 0 aromatic heterocycles. The summed E-state index contributed by atoms with van der Waals surface area (Å²) in [5.41, 5.74) is 1.85. The average molecular weight is 285 g/mol. The molecular weight excluding hydrogens is 270 g/mol. The number of rotatable bonds is 3. The number of imide groups is 1. The lowest BCUT2D eigenvalue weighted by Gasteiger charge is -2.18. The minimum Gasteiger partial charge on any atom is -0.294 e. The first-order chi connectivity index (χ1) is 9.99. The molecule has 0 saturated carbocycles. The third-order valence-corrected chi connectivity index (χ3v) is 3.59. The number of aromatic nitrogens is 2. The van der Waals surface area contributed by atoms with Crippen LogP contribution >= 0.6 is 0 Å². The molecule has 3 heterocycles. The second-order valence-corrected chi connectivity index (χ2v) is 5.41. The smallest absolute Gasteiger partial charge is 0.249 e. The summed E-state index contributed by atoms with van der Waals surface area (Å²) in [5, 5.41) is 1.11. The second-order valence-electron chi connectivity index (χ2n) is 5.41.